The zero-order chi connectivity index (χ0) is 13.8. The van der Waals surface area contributed by atoms with Crippen LogP contribution in [0.3, 0.4) is 0 Å². The molecular weight excluding hydrogens is 260 g/mol. The minimum absolute atomic E-state index is 0.226. The number of hydrogen-bond acceptors (Lipinski definition) is 4. The predicted octanol–water partition coefficient (Wildman–Crippen LogP) is 1.31. The van der Waals surface area contributed by atoms with Crippen LogP contribution in [0.4, 0.5) is 0 Å². The fourth-order valence-corrected chi connectivity index (χ4v) is 2.30. The van der Waals surface area contributed by atoms with Gasteiger partial charge >= 0.3 is 17.9 Å². The van der Waals surface area contributed by atoms with Gasteiger partial charge in [0.2, 0.25) is 0 Å². The molecule has 98 valence electrons. The number of aryl methyl sites for hydroxylation is 1. The van der Waals surface area contributed by atoms with Crippen LogP contribution < -0.4 is 0 Å². The Morgan fingerprint density at radius 3 is 2.17 bits per heavy atom. The Labute approximate surface area is 106 Å². The first-order valence-corrected chi connectivity index (χ1v) is 5.97. The van der Waals surface area contributed by atoms with Crippen LogP contribution in [0.1, 0.15) is 17.7 Å². The molecule has 1 heterocycles. The Kier molecular flexibility index (Phi) is 4.43. The summed E-state index contributed by atoms with van der Waals surface area (Å²) < 4.78 is 0. The van der Waals surface area contributed by atoms with Gasteiger partial charge in [0.05, 0.1) is 6.42 Å². The van der Waals surface area contributed by atoms with Crippen LogP contribution in [-0.4, -0.2) is 33.2 Å². The molecule has 0 aliphatic heterocycles. The van der Waals surface area contributed by atoms with Gasteiger partial charge in [0.25, 0.3) is 0 Å². The maximum atomic E-state index is 11.1. The number of aliphatic carboxylic acids is 3. The second-order valence-corrected chi connectivity index (χ2v) is 4.87. The largest absolute Gasteiger partial charge is 0.481 e. The highest BCUT2D eigenvalue weighted by molar-refractivity contribution is 7.09. The Hall–Kier alpha value is -1.89. The summed E-state index contributed by atoms with van der Waals surface area (Å²) in [6, 6.07) is 3.51. The average Bonchev–Trinajstić information content (AvgIpc) is 2.75. The molecule has 0 unspecified atom stereocenters. The summed E-state index contributed by atoms with van der Waals surface area (Å²) in [6.07, 6.45) is -0.947. The van der Waals surface area contributed by atoms with E-state index in [0.29, 0.717) is 0 Å². The van der Waals surface area contributed by atoms with Gasteiger partial charge in [-0.25, -0.2) is 0 Å². The number of rotatable bonds is 7. The molecule has 1 rings (SSSR count). The third kappa shape index (κ3) is 3.07. The molecule has 0 spiro atoms. The topological polar surface area (TPSA) is 112 Å². The van der Waals surface area contributed by atoms with Gasteiger partial charge in [-0.3, -0.25) is 14.4 Å². The third-order valence-corrected chi connectivity index (χ3v) is 3.59. The van der Waals surface area contributed by atoms with E-state index in [9.17, 15) is 14.4 Å². The first-order chi connectivity index (χ1) is 8.38. The molecule has 1 aromatic rings. The van der Waals surface area contributed by atoms with Crippen LogP contribution in [0.15, 0.2) is 17.5 Å². The van der Waals surface area contributed by atoms with E-state index in [4.69, 9.17) is 15.3 Å². The summed E-state index contributed by atoms with van der Waals surface area (Å²) >= 11 is 1.37. The summed E-state index contributed by atoms with van der Waals surface area (Å²) in [7, 11) is 0. The standard InChI is InChI=1S/C11H12O6S/c12-8(13)6-11(9(14)15,10(16)17)4-3-7-2-1-5-18-7/h1-2,5H,3-4,6H2,(H,12,13)(H,14,15)(H,16,17). The van der Waals surface area contributed by atoms with Crippen LogP contribution in [0.5, 0.6) is 0 Å². The van der Waals surface area contributed by atoms with Gasteiger partial charge in [-0.15, -0.1) is 11.3 Å². The molecule has 0 saturated heterocycles. The number of carboxylic acid groups (broad SMARTS) is 3. The van der Waals surface area contributed by atoms with E-state index in [1.54, 1.807) is 17.5 Å². The van der Waals surface area contributed by atoms with Crippen LogP contribution in [0, 0.1) is 5.41 Å². The summed E-state index contributed by atoms with van der Waals surface area (Å²) in [4.78, 5) is 33.7. The lowest BCUT2D eigenvalue weighted by molar-refractivity contribution is -0.170. The van der Waals surface area contributed by atoms with Crippen molar-refractivity contribution >= 4 is 29.2 Å². The van der Waals surface area contributed by atoms with Crippen molar-refractivity contribution in [2.24, 2.45) is 5.41 Å². The summed E-state index contributed by atoms with van der Waals surface area (Å²) in [6.45, 7) is 0. The van der Waals surface area contributed by atoms with Gasteiger partial charge in [-0.05, 0) is 24.3 Å². The fourth-order valence-electron chi connectivity index (χ4n) is 1.59. The first kappa shape index (κ1) is 14.2. The maximum Gasteiger partial charge on any atom is 0.321 e. The number of thiophene rings is 1. The summed E-state index contributed by atoms with van der Waals surface area (Å²) in [5, 5.41) is 28.5. The molecule has 0 fully saturated rings. The zero-order valence-corrected chi connectivity index (χ0v) is 10.1. The third-order valence-electron chi connectivity index (χ3n) is 2.65. The van der Waals surface area contributed by atoms with Gasteiger partial charge in [-0.2, -0.15) is 0 Å². The van der Waals surface area contributed by atoms with Crippen molar-refractivity contribution in [3.8, 4) is 0 Å². The molecule has 3 N–H and O–H groups in total. The number of hydrogen-bond donors (Lipinski definition) is 3. The van der Waals surface area contributed by atoms with Crippen LogP contribution in [0.2, 0.25) is 0 Å². The highest BCUT2D eigenvalue weighted by Gasteiger charge is 2.48. The smallest absolute Gasteiger partial charge is 0.321 e. The van der Waals surface area contributed by atoms with Gasteiger partial charge < -0.3 is 15.3 Å². The van der Waals surface area contributed by atoms with E-state index in [1.165, 1.54) is 11.3 Å². The van der Waals surface area contributed by atoms with Crippen molar-refractivity contribution < 1.29 is 29.7 Å². The van der Waals surface area contributed by atoms with Crippen LogP contribution in [-0.2, 0) is 20.8 Å². The summed E-state index contributed by atoms with van der Waals surface area (Å²) in [5.74, 6) is -4.67. The number of carbonyl (C=O) groups is 3. The highest BCUT2D eigenvalue weighted by Crippen LogP contribution is 2.30. The highest BCUT2D eigenvalue weighted by atomic mass is 32.1. The molecule has 0 atom stereocenters. The molecule has 7 heteroatoms. The van der Waals surface area contributed by atoms with Gasteiger partial charge in [-0.1, -0.05) is 6.07 Å². The quantitative estimate of drug-likeness (QED) is 0.645. The Balaban J connectivity index is 2.91. The molecule has 0 radical (unpaired) electrons. The molecule has 6 nitrogen and oxygen atoms in total. The van der Waals surface area contributed by atoms with E-state index in [1.807, 2.05) is 0 Å². The van der Waals surface area contributed by atoms with Crippen molar-refractivity contribution in [2.45, 2.75) is 19.3 Å². The monoisotopic (exact) mass is 272 g/mol. The Morgan fingerprint density at radius 1 is 1.17 bits per heavy atom. The second-order valence-electron chi connectivity index (χ2n) is 3.84. The summed E-state index contributed by atoms with van der Waals surface area (Å²) in [5.41, 5.74) is -2.27. The Morgan fingerprint density at radius 2 is 1.78 bits per heavy atom. The minimum Gasteiger partial charge on any atom is -0.481 e. The van der Waals surface area contributed by atoms with Gasteiger partial charge in [0, 0.05) is 4.88 Å². The van der Waals surface area contributed by atoms with E-state index in [-0.39, 0.29) is 12.8 Å². The van der Waals surface area contributed by atoms with E-state index < -0.39 is 29.7 Å². The molecule has 1 aromatic heterocycles. The van der Waals surface area contributed by atoms with Crippen molar-refractivity contribution in [3.63, 3.8) is 0 Å². The van der Waals surface area contributed by atoms with Crippen molar-refractivity contribution in [3.05, 3.63) is 22.4 Å². The normalized spacial score (nSPS) is 11.1. The maximum absolute atomic E-state index is 11.1. The Bertz CT molecular complexity index is 436. The van der Waals surface area contributed by atoms with E-state index in [0.717, 1.165) is 4.88 Å². The fraction of sp³-hybridized carbons (Fsp3) is 0.364. The molecule has 0 aromatic carbocycles. The second kappa shape index (κ2) is 5.63. The predicted molar refractivity (Wildman–Crippen MR) is 62.6 cm³/mol. The minimum atomic E-state index is -2.27. The van der Waals surface area contributed by atoms with E-state index in [2.05, 4.69) is 0 Å². The van der Waals surface area contributed by atoms with Crippen molar-refractivity contribution in [2.75, 3.05) is 0 Å². The lowest BCUT2D eigenvalue weighted by atomic mass is 9.80. The van der Waals surface area contributed by atoms with Crippen LogP contribution >= 0.6 is 11.3 Å². The van der Waals surface area contributed by atoms with Gasteiger partial charge in [0.15, 0.2) is 5.41 Å². The van der Waals surface area contributed by atoms with Crippen molar-refractivity contribution in [1.82, 2.24) is 0 Å². The molecule has 0 aliphatic rings. The molecule has 0 bridgehead atoms. The van der Waals surface area contributed by atoms with Crippen LogP contribution in [0.25, 0.3) is 0 Å². The zero-order valence-electron chi connectivity index (χ0n) is 9.33. The van der Waals surface area contributed by atoms with E-state index >= 15 is 0 Å². The molecular formula is C11H12O6S. The molecule has 18 heavy (non-hydrogen) atoms. The lowest BCUT2D eigenvalue weighted by Gasteiger charge is -2.22. The SMILES string of the molecule is O=C(O)CC(CCc1cccs1)(C(=O)O)C(=O)O. The average molecular weight is 272 g/mol. The first-order valence-electron chi connectivity index (χ1n) is 5.09. The molecule has 0 saturated carbocycles. The molecule has 0 amide bonds. The number of carboxylic acids is 3. The van der Waals surface area contributed by atoms with Gasteiger partial charge in [0.1, 0.15) is 0 Å². The molecule has 0 aliphatic carbocycles. The lowest BCUT2D eigenvalue weighted by Crippen LogP contribution is -2.41. The van der Waals surface area contributed by atoms with Crippen molar-refractivity contribution in [1.29, 1.82) is 0 Å².